The lowest BCUT2D eigenvalue weighted by Gasteiger charge is -2.18. The Kier molecular flexibility index (Phi) is 3.98. The molecule has 0 saturated heterocycles. The zero-order valence-corrected chi connectivity index (χ0v) is 8.92. The first-order chi connectivity index (χ1) is 6.13. The van der Waals surface area contributed by atoms with Gasteiger partial charge in [0, 0.05) is 0 Å². The van der Waals surface area contributed by atoms with Gasteiger partial charge in [-0.3, -0.25) is 0 Å². The highest BCUT2D eigenvalue weighted by Crippen LogP contribution is 2.34. The van der Waals surface area contributed by atoms with E-state index in [1.807, 2.05) is 0 Å². The van der Waals surface area contributed by atoms with Crippen LogP contribution in [-0.4, -0.2) is 11.2 Å². The van der Waals surface area contributed by atoms with E-state index in [0.29, 0.717) is 5.92 Å². The second kappa shape index (κ2) is 4.80. The van der Waals surface area contributed by atoms with E-state index in [4.69, 9.17) is 0 Å². The zero-order chi connectivity index (χ0) is 9.84. The van der Waals surface area contributed by atoms with E-state index in [-0.39, 0.29) is 6.10 Å². The Morgan fingerprint density at radius 1 is 1.54 bits per heavy atom. The van der Waals surface area contributed by atoms with Gasteiger partial charge in [-0.1, -0.05) is 32.4 Å². The molecular weight excluding hydrogens is 160 g/mol. The van der Waals surface area contributed by atoms with Gasteiger partial charge < -0.3 is 5.11 Å². The molecular formula is C12H22O. The summed E-state index contributed by atoms with van der Waals surface area (Å²) in [5.41, 5.74) is 1.19. The summed E-state index contributed by atoms with van der Waals surface area (Å²) in [5, 5.41) is 9.91. The van der Waals surface area contributed by atoms with Crippen molar-refractivity contribution in [1.82, 2.24) is 0 Å². The molecule has 1 rings (SSSR count). The van der Waals surface area contributed by atoms with E-state index in [2.05, 4.69) is 20.4 Å². The standard InChI is InChI=1S/C12H22O/c1-4-9(2)8-12(13)11-6-5-10(3)7-11/h10-13H,2,4-8H2,1,3H3. The average Bonchev–Trinajstić information content (AvgIpc) is 2.51. The third kappa shape index (κ3) is 3.15. The van der Waals surface area contributed by atoms with Gasteiger partial charge in [0.25, 0.3) is 0 Å². The minimum Gasteiger partial charge on any atom is -0.393 e. The number of aliphatic hydroxyl groups is 1. The molecule has 0 aliphatic heterocycles. The molecule has 13 heavy (non-hydrogen) atoms. The van der Waals surface area contributed by atoms with Crippen LogP contribution in [0.3, 0.4) is 0 Å². The fourth-order valence-corrected chi connectivity index (χ4v) is 2.21. The van der Waals surface area contributed by atoms with Crippen molar-refractivity contribution in [2.24, 2.45) is 11.8 Å². The van der Waals surface area contributed by atoms with Gasteiger partial charge in [-0.2, -0.15) is 0 Å². The fourth-order valence-electron chi connectivity index (χ4n) is 2.21. The quantitative estimate of drug-likeness (QED) is 0.662. The van der Waals surface area contributed by atoms with E-state index in [0.717, 1.165) is 18.8 Å². The topological polar surface area (TPSA) is 20.2 Å². The lowest BCUT2D eigenvalue weighted by Crippen LogP contribution is -2.18. The van der Waals surface area contributed by atoms with Gasteiger partial charge in [0.05, 0.1) is 6.10 Å². The van der Waals surface area contributed by atoms with Crippen LogP contribution in [0.25, 0.3) is 0 Å². The van der Waals surface area contributed by atoms with Gasteiger partial charge in [-0.15, -0.1) is 0 Å². The lowest BCUT2D eigenvalue weighted by molar-refractivity contribution is 0.108. The van der Waals surface area contributed by atoms with Gasteiger partial charge in [0.1, 0.15) is 0 Å². The van der Waals surface area contributed by atoms with Crippen molar-refractivity contribution in [3.05, 3.63) is 12.2 Å². The minimum absolute atomic E-state index is 0.127. The molecule has 0 amide bonds. The highest BCUT2D eigenvalue weighted by molar-refractivity contribution is 4.96. The third-order valence-corrected chi connectivity index (χ3v) is 3.28. The molecule has 1 heteroatoms. The van der Waals surface area contributed by atoms with Gasteiger partial charge in [0.15, 0.2) is 0 Å². The molecule has 76 valence electrons. The molecule has 1 aliphatic rings. The molecule has 1 saturated carbocycles. The maximum absolute atomic E-state index is 9.91. The molecule has 0 bridgehead atoms. The first-order valence-corrected chi connectivity index (χ1v) is 5.48. The monoisotopic (exact) mass is 182 g/mol. The van der Waals surface area contributed by atoms with E-state index < -0.39 is 0 Å². The molecule has 0 heterocycles. The van der Waals surface area contributed by atoms with Crippen LogP contribution in [-0.2, 0) is 0 Å². The Morgan fingerprint density at radius 2 is 2.23 bits per heavy atom. The van der Waals surface area contributed by atoms with Crippen molar-refractivity contribution in [3.8, 4) is 0 Å². The van der Waals surface area contributed by atoms with Gasteiger partial charge >= 0.3 is 0 Å². The van der Waals surface area contributed by atoms with Crippen LogP contribution in [0.2, 0.25) is 0 Å². The van der Waals surface area contributed by atoms with Gasteiger partial charge in [0.2, 0.25) is 0 Å². The van der Waals surface area contributed by atoms with Crippen LogP contribution in [0.1, 0.15) is 46.0 Å². The lowest BCUT2D eigenvalue weighted by atomic mass is 9.94. The van der Waals surface area contributed by atoms with E-state index in [1.54, 1.807) is 0 Å². The summed E-state index contributed by atoms with van der Waals surface area (Å²) in [6.45, 7) is 8.33. The van der Waals surface area contributed by atoms with Crippen molar-refractivity contribution in [1.29, 1.82) is 0 Å². The maximum Gasteiger partial charge on any atom is 0.0605 e. The molecule has 3 atom stereocenters. The van der Waals surface area contributed by atoms with Crippen molar-refractivity contribution in [2.75, 3.05) is 0 Å². The third-order valence-electron chi connectivity index (χ3n) is 3.28. The van der Waals surface area contributed by atoms with Crippen molar-refractivity contribution >= 4 is 0 Å². The van der Waals surface area contributed by atoms with Crippen molar-refractivity contribution < 1.29 is 5.11 Å². The Hall–Kier alpha value is -0.300. The predicted molar refractivity (Wildman–Crippen MR) is 56.6 cm³/mol. The molecule has 1 aliphatic carbocycles. The second-order valence-electron chi connectivity index (χ2n) is 4.55. The first-order valence-electron chi connectivity index (χ1n) is 5.48. The smallest absolute Gasteiger partial charge is 0.0605 e. The van der Waals surface area contributed by atoms with Crippen LogP contribution in [0.4, 0.5) is 0 Å². The summed E-state index contributed by atoms with van der Waals surface area (Å²) in [5.74, 6) is 1.35. The molecule has 0 aromatic rings. The van der Waals surface area contributed by atoms with Crippen LogP contribution < -0.4 is 0 Å². The van der Waals surface area contributed by atoms with Crippen LogP contribution in [0, 0.1) is 11.8 Å². The van der Waals surface area contributed by atoms with Crippen molar-refractivity contribution in [3.63, 3.8) is 0 Å². The zero-order valence-electron chi connectivity index (χ0n) is 8.92. The predicted octanol–water partition coefficient (Wildman–Crippen LogP) is 3.14. The first kappa shape index (κ1) is 10.8. The van der Waals surface area contributed by atoms with Crippen LogP contribution in [0.5, 0.6) is 0 Å². The van der Waals surface area contributed by atoms with Crippen LogP contribution >= 0.6 is 0 Å². The SMILES string of the molecule is C=C(CC)CC(O)C1CCC(C)C1. The number of hydrogen-bond acceptors (Lipinski definition) is 1. The summed E-state index contributed by atoms with van der Waals surface area (Å²) < 4.78 is 0. The summed E-state index contributed by atoms with van der Waals surface area (Å²) in [7, 11) is 0. The van der Waals surface area contributed by atoms with E-state index in [1.165, 1.54) is 24.8 Å². The maximum atomic E-state index is 9.91. The Balaban J connectivity index is 2.31. The fraction of sp³-hybridized carbons (Fsp3) is 0.833. The van der Waals surface area contributed by atoms with E-state index in [9.17, 15) is 5.11 Å². The minimum atomic E-state index is -0.127. The molecule has 0 radical (unpaired) electrons. The summed E-state index contributed by atoms with van der Waals surface area (Å²) in [6.07, 6.45) is 5.39. The summed E-state index contributed by atoms with van der Waals surface area (Å²) in [6, 6.07) is 0. The second-order valence-corrected chi connectivity index (χ2v) is 4.55. The molecule has 0 spiro atoms. The molecule has 3 unspecified atom stereocenters. The highest BCUT2D eigenvalue weighted by atomic mass is 16.3. The molecule has 0 aromatic heterocycles. The van der Waals surface area contributed by atoms with Gasteiger partial charge in [-0.05, 0) is 37.5 Å². The molecule has 0 aromatic carbocycles. The molecule has 1 N–H and O–H groups in total. The summed E-state index contributed by atoms with van der Waals surface area (Å²) >= 11 is 0. The molecule has 1 nitrogen and oxygen atoms in total. The van der Waals surface area contributed by atoms with Crippen LogP contribution in [0.15, 0.2) is 12.2 Å². The summed E-state index contributed by atoms with van der Waals surface area (Å²) in [4.78, 5) is 0. The number of rotatable bonds is 4. The van der Waals surface area contributed by atoms with Crippen molar-refractivity contribution in [2.45, 2.75) is 52.1 Å². The van der Waals surface area contributed by atoms with Gasteiger partial charge in [-0.25, -0.2) is 0 Å². The number of aliphatic hydroxyl groups excluding tert-OH is 1. The Bertz CT molecular complexity index is 174. The molecule has 1 fully saturated rings. The normalized spacial score (nSPS) is 30.4. The Morgan fingerprint density at radius 3 is 2.69 bits per heavy atom. The largest absolute Gasteiger partial charge is 0.393 e. The Labute approximate surface area is 81.9 Å². The average molecular weight is 182 g/mol. The highest BCUT2D eigenvalue weighted by Gasteiger charge is 2.27. The van der Waals surface area contributed by atoms with E-state index >= 15 is 0 Å². The number of hydrogen-bond donors (Lipinski definition) is 1.